The molecule has 1 N–H and O–H groups in total. The van der Waals surface area contributed by atoms with Crippen LogP contribution in [0, 0.1) is 17.1 Å². The van der Waals surface area contributed by atoms with Gasteiger partial charge >= 0.3 is 0 Å². The molecule has 2 aromatic rings. The highest BCUT2D eigenvalue weighted by molar-refractivity contribution is 5.35. The predicted molar refractivity (Wildman–Crippen MR) is 74.4 cm³/mol. The van der Waals surface area contributed by atoms with E-state index < -0.39 is 5.82 Å². The van der Waals surface area contributed by atoms with Crippen LogP contribution < -0.4 is 5.32 Å². The third kappa shape index (κ3) is 3.43. The van der Waals surface area contributed by atoms with Crippen LogP contribution in [-0.2, 0) is 13.1 Å². The molecule has 0 unspecified atom stereocenters. The molecule has 0 fully saturated rings. The Morgan fingerprint density at radius 1 is 1.45 bits per heavy atom. The monoisotopic (exact) mass is 272 g/mol. The normalized spacial score (nSPS) is 10.4. The maximum atomic E-state index is 13.9. The lowest BCUT2D eigenvalue weighted by atomic mass is 10.1. The Bertz CT molecular complexity index is 613. The average molecular weight is 272 g/mol. The highest BCUT2D eigenvalue weighted by atomic mass is 19.1. The van der Waals surface area contributed by atoms with E-state index in [1.807, 2.05) is 16.8 Å². The van der Waals surface area contributed by atoms with Gasteiger partial charge in [0.05, 0.1) is 24.1 Å². The molecule has 2 rings (SSSR count). The van der Waals surface area contributed by atoms with Crippen molar-refractivity contribution in [3.63, 3.8) is 0 Å². The molecule has 0 atom stereocenters. The second kappa shape index (κ2) is 6.83. The van der Waals surface area contributed by atoms with Crippen molar-refractivity contribution in [1.82, 2.24) is 14.9 Å². The molecule has 0 aliphatic heterocycles. The van der Waals surface area contributed by atoms with Crippen molar-refractivity contribution < 1.29 is 4.39 Å². The molecular formula is C15H17FN4. The maximum absolute atomic E-state index is 13.9. The fraction of sp³-hybridized carbons (Fsp3) is 0.333. The van der Waals surface area contributed by atoms with Crippen LogP contribution in [0.2, 0.25) is 0 Å². The summed E-state index contributed by atoms with van der Waals surface area (Å²) >= 11 is 0. The fourth-order valence-electron chi connectivity index (χ4n) is 1.96. The topological polar surface area (TPSA) is 53.6 Å². The first-order valence-electron chi connectivity index (χ1n) is 6.63. The number of nitrogens with one attached hydrogen (secondary N) is 1. The summed E-state index contributed by atoms with van der Waals surface area (Å²) in [6, 6.07) is 6.71. The van der Waals surface area contributed by atoms with Gasteiger partial charge in [-0.2, -0.15) is 5.26 Å². The molecule has 1 aromatic heterocycles. The van der Waals surface area contributed by atoms with E-state index in [1.54, 1.807) is 18.5 Å². The number of benzene rings is 1. The summed E-state index contributed by atoms with van der Waals surface area (Å²) < 4.78 is 15.8. The molecule has 104 valence electrons. The number of aromatic nitrogens is 2. The zero-order chi connectivity index (χ0) is 14.4. The number of halogens is 1. The minimum atomic E-state index is -0.450. The zero-order valence-corrected chi connectivity index (χ0v) is 11.4. The summed E-state index contributed by atoms with van der Waals surface area (Å²) in [6.07, 6.45) is 4.65. The third-order valence-electron chi connectivity index (χ3n) is 2.97. The van der Waals surface area contributed by atoms with Crippen LogP contribution in [0.3, 0.4) is 0 Å². The number of imidazole rings is 1. The summed E-state index contributed by atoms with van der Waals surface area (Å²) in [5, 5.41) is 12.1. The summed E-state index contributed by atoms with van der Waals surface area (Å²) in [6.45, 7) is 4.14. The molecule has 0 amide bonds. The third-order valence-corrected chi connectivity index (χ3v) is 2.97. The molecule has 5 heteroatoms. The van der Waals surface area contributed by atoms with Crippen molar-refractivity contribution in [2.75, 3.05) is 6.54 Å². The molecule has 0 radical (unpaired) electrons. The van der Waals surface area contributed by atoms with E-state index in [2.05, 4.69) is 17.2 Å². The lowest BCUT2D eigenvalue weighted by Gasteiger charge is -2.05. The molecule has 0 saturated heterocycles. The summed E-state index contributed by atoms with van der Waals surface area (Å²) in [5.41, 5.74) is 1.50. The van der Waals surface area contributed by atoms with E-state index in [4.69, 9.17) is 5.26 Å². The van der Waals surface area contributed by atoms with Gasteiger partial charge in [0.2, 0.25) is 0 Å². The number of rotatable bonds is 6. The van der Waals surface area contributed by atoms with Crippen molar-refractivity contribution in [1.29, 1.82) is 5.26 Å². The van der Waals surface area contributed by atoms with Crippen LogP contribution >= 0.6 is 0 Å². The largest absolute Gasteiger partial charge is 0.333 e. The van der Waals surface area contributed by atoms with Crippen molar-refractivity contribution in [2.45, 2.75) is 26.4 Å². The first-order chi connectivity index (χ1) is 9.74. The molecular weight excluding hydrogens is 255 g/mol. The quantitative estimate of drug-likeness (QED) is 0.822. The summed E-state index contributed by atoms with van der Waals surface area (Å²) in [5.74, 6) is -0.450. The molecule has 0 spiro atoms. The summed E-state index contributed by atoms with van der Waals surface area (Å²) in [4.78, 5) is 4.27. The Labute approximate surface area is 117 Å². The first-order valence-corrected chi connectivity index (χ1v) is 6.63. The maximum Gasteiger partial charge on any atom is 0.145 e. The van der Waals surface area contributed by atoms with E-state index in [1.165, 1.54) is 6.07 Å². The molecule has 20 heavy (non-hydrogen) atoms. The second-order valence-corrected chi connectivity index (χ2v) is 4.60. The van der Waals surface area contributed by atoms with Crippen LogP contribution in [0.15, 0.2) is 30.7 Å². The molecule has 0 bridgehead atoms. The van der Waals surface area contributed by atoms with Crippen LogP contribution in [0.25, 0.3) is 0 Å². The number of hydrogen-bond donors (Lipinski definition) is 1. The Hall–Kier alpha value is -2.19. The highest BCUT2D eigenvalue weighted by Gasteiger charge is 2.08. The van der Waals surface area contributed by atoms with Gasteiger partial charge in [0.15, 0.2) is 0 Å². The van der Waals surface area contributed by atoms with Crippen molar-refractivity contribution in [3.8, 4) is 6.07 Å². The summed E-state index contributed by atoms with van der Waals surface area (Å²) in [7, 11) is 0. The smallest absolute Gasteiger partial charge is 0.145 e. The van der Waals surface area contributed by atoms with E-state index >= 15 is 0 Å². The van der Waals surface area contributed by atoms with Gasteiger partial charge < -0.3 is 9.88 Å². The second-order valence-electron chi connectivity index (χ2n) is 4.60. The van der Waals surface area contributed by atoms with Gasteiger partial charge in [0.25, 0.3) is 0 Å². The lowest BCUT2D eigenvalue weighted by molar-refractivity contribution is 0.595. The van der Waals surface area contributed by atoms with E-state index in [0.29, 0.717) is 18.7 Å². The predicted octanol–water partition coefficient (Wildman–Crippen LogP) is 2.44. The van der Waals surface area contributed by atoms with Crippen molar-refractivity contribution >= 4 is 0 Å². The molecule has 1 heterocycles. The fourth-order valence-corrected chi connectivity index (χ4v) is 1.96. The number of nitrogens with zero attached hydrogens (tertiary/aromatic N) is 3. The lowest BCUT2D eigenvalue weighted by Crippen LogP contribution is -2.13. The minimum absolute atomic E-state index is 0.0763. The Morgan fingerprint density at radius 2 is 2.30 bits per heavy atom. The van der Waals surface area contributed by atoms with Crippen LogP contribution in [0.1, 0.15) is 30.2 Å². The molecule has 4 nitrogen and oxygen atoms in total. The minimum Gasteiger partial charge on any atom is -0.333 e. The van der Waals surface area contributed by atoms with Crippen molar-refractivity contribution in [2.24, 2.45) is 0 Å². The molecule has 1 aromatic carbocycles. The van der Waals surface area contributed by atoms with Gasteiger partial charge in [-0.15, -0.1) is 0 Å². The molecule has 0 aliphatic carbocycles. The van der Waals surface area contributed by atoms with Crippen LogP contribution in [0.5, 0.6) is 0 Å². The van der Waals surface area contributed by atoms with Gasteiger partial charge in [-0.3, -0.25) is 0 Å². The standard InChI is InChI=1S/C15H17FN4/c1-2-6-18-8-14-10-20(11-19-14)9-13-5-3-4-12(7-17)15(13)16/h3-5,10-11,18H,2,6,8-9H2,1H3. The van der Waals surface area contributed by atoms with E-state index in [0.717, 1.165) is 18.7 Å². The van der Waals surface area contributed by atoms with Crippen LogP contribution in [-0.4, -0.2) is 16.1 Å². The Balaban J connectivity index is 2.06. The van der Waals surface area contributed by atoms with Gasteiger partial charge in [-0.1, -0.05) is 19.1 Å². The molecule has 0 aliphatic rings. The van der Waals surface area contributed by atoms with E-state index in [-0.39, 0.29) is 5.56 Å². The number of nitriles is 1. The zero-order valence-electron chi connectivity index (χ0n) is 11.4. The Morgan fingerprint density at radius 3 is 3.05 bits per heavy atom. The SMILES string of the molecule is CCCNCc1cn(Cc2cccc(C#N)c2F)cn1. The Kier molecular flexibility index (Phi) is 4.85. The van der Waals surface area contributed by atoms with Gasteiger partial charge in [0.1, 0.15) is 11.9 Å². The van der Waals surface area contributed by atoms with Gasteiger partial charge in [0, 0.05) is 18.3 Å². The molecule has 0 saturated carbocycles. The van der Waals surface area contributed by atoms with Gasteiger partial charge in [-0.25, -0.2) is 9.37 Å². The van der Waals surface area contributed by atoms with Crippen LogP contribution in [0.4, 0.5) is 4.39 Å². The number of hydrogen-bond acceptors (Lipinski definition) is 3. The highest BCUT2D eigenvalue weighted by Crippen LogP contribution is 2.13. The van der Waals surface area contributed by atoms with E-state index in [9.17, 15) is 4.39 Å². The first kappa shape index (κ1) is 14.2. The average Bonchev–Trinajstić information content (AvgIpc) is 2.89. The van der Waals surface area contributed by atoms with Crippen molar-refractivity contribution in [3.05, 3.63) is 53.4 Å². The van der Waals surface area contributed by atoms with Gasteiger partial charge in [-0.05, 0) is 19.0 Å².